The first-order chi connectivity index (χ1) is 5.61. The molecule has 0 aromatic rings. The molecule has 0 heterocycles. The number of hydrogen-bond acceptors (Lipinski definition) is 2. The quantitative estimate of drug-likeness (QED) is 0.611. The Morgan fingerprint density at radius 3 is 2.67 bits per heavy atom. The molecule has 1 atom stereocenters. The van der Waals surface area contributed by atoms with Gasteiger partial charge in [-0.3, -0.25) is 4.79 Å². The molecule has 3 nitrogen and oxygen atoms in total. The Labute approximate surface area is 72.8 Å². The molecule has 0 aliphatic heterocycles. The zero-order chi connectivity index (χ0) is 9.56. The van der Waals surface area contributed by atoms with Crippen molar-refractivity contribution in [3.05, 3.63) is 24.4 Å². The molecule has 0 aromatic carbocycles. The van der Waals surface area contributed by atoms with Gasteiger partial charge in [-0.25, -0.2) is 0 Å². The third-order valence-corrected chi connectivity index (χ3v) is 1.59. The lowest BCUT2D eigenvalue weighted by Crippen LogP contribution is -2.15. The van der Waals surface area contributed by atoms with Gasteiger partial charge in [-0.2, -0.15) is 0 Å². The van der Waals surface area contributed by atoms with Gasteiger partial charge in [0.05, 0.1) is 5.92 Å². The number of rotatable bonds is 5. The number of aliphatic carboxylic acids is 1. The molecule has 0 bridgehead atoms. The second kappa shape index (κ2) is 5.41. The van der Waals surface area contributed by atoms with Crippen molar-refractivity contribution >= 4 is 5.97 Å². The Balaban J connectivity index is 4.11. The summed E-state index contributed by atoms with van der Waals surface area (Å²) < 4.78 is 0. The fraction of sp³-hybridized carbons (Fsp3) is 0.444. The summed E-state index contributed by atoms with van der Waals surface area (Å²) in [6, 6.07) is 0. The van der Waals surface area contributed by atoms with Gasteiger partial charge in [0.1, 0.15) is 0 Å². The molecular formula is C9H15NO2. The molecule has 0 aliphatic rings. The van der Waals surface area contributed by atoms with Crippen LogP contribution in [-0.4, -0.2) is 18.1 Å². The van der Waals surface area contributed by atoms with Gasteiger partial charge < -0.3 is 10.4 Å². The van der Waals surface area contributed by atoms with Crippen LogP contribution in [0.25, 0.3) is 0 Å². The van der Waals surface area contributed by atoms with Crippen LogP contribution >= 0.6 is 0 Å². The average Bonchev–Trinajstić information content (AvgIpc) is 2.03. The molecule has 0 spiro atoms. The van der Waals surface area contributed by atoms with Crippen LogP contribution in [0.1, 0.15) is 13.3 Å². The smallest absolute Gasteiger partial charge is 0.306 e. The molecule has 12 heavy (non-hydrogen) atoms. The predicted octanol–water partition coefficient (Wildman–Crippen LogP) is 1.39. The highest BCUT2D eigenvalue weighted by Gasteiger charge is 2.11. The summed E-state index contributed by atoms with van der Waals surface area (Å²) in [6.07, 6.45) is 3.93. The van der Waals surface area contributed by atoms with Crippen LogP contribution in [0.3, 0.4) is 0 Å². The second-order valence-electron chi connectivity index (χ2n) is 2.62. The molecule has 0 radical (unpaired) electrons. The third-order valence-electron chi connectivity index (χ3n) is 1.59. The molecule has 0 amide bonds. The largest absolute Gasteiger partial charge is 0.481 e. The van der Waals surface area contributed by atoms with Gasteiger partial charge >= 0.3 is 5.97 Å². The Morgan fingerprint density at radius 1 is 1.75 bits per heavy atom. The maximum absolute atomic E-state index is 10.5. The summed E-state index contributed by atoms with van der Waals surface area (Å²) in [5, 5.41) is 11.5. The van der Waals surface area contributed by atoms with Crippen molar-refractivity contribution in [2.24, 2.45) is 5.92 Å². The van der Waals surface area contributed by atoms with E-state index in [1.54, 1.807) is 26.1 Å². The first-order valence-corrected chi connectivity index (χ1v) is 3.84. The molecular weight excluding hydrogens is 154 g/mol. The van der Waals surface area contributed by atoms with E-state index in [0.717, 1.165) is 5.70 Å². The monoisotopic (exact) mass is 169 g/mol. The molecule has 0 fully saturated rings. The SMILES string of the molecule is C=C/C=C(\CC(C)C(=O)O)NC. The minimum Gasteiger partial charge on any atom is -0.481 e. The van der Waals surface area contributed by atoms with Gasteiger partial charge in [0.2, 0.25) is 0 Å². The van der Waals surface area contributed by atoms with Gasteiger partial charge in [0.25, 0.3) is 0 Å². The summed E-state index contributed by atoms with van der Waals surface area (Å²) in [5.74, 6) is -1.14. The Morgan fingerprint density at radius 2 is 2.33 bits per heavy atom. The fourth-order valence-electron chi connectivity index (χ4n) is 0.813. The van der Waals surface area contributed by atoms with E-state index in [9.17, 15) is 4.79 Å². The Kier molecular flexibility index (Phi) is 4.84. The molecule has 0 rings (SSSR count). The van der Waals surface area contributed by atoms with E-state index in [2.05, 4.69) is 11.9 Å². The van der Waals surface area contributed by atoms with Crippen molar-refractivity contribution in [3.8, 4) is 0 Å². The van der Waals surface area contributed by atoms with Gasteiger partial charge in [-0.15, -0.1) is 0 Å². The first kappa shape index (κ1) is 10.8. The number of carbonyl (C=O) groups is 1. The fourth-order valence-corrected chi connectivity index (χ4v) is 0.813. The number of carboxylic acid groups (broad SMARTS) is 1. The molecule has 1 unspecified atom stereocenters. The van der Waals surface area contributed by atoms with Crippen LogP contribution in [0, 0.1) is 5.92 Å². The van der Waals surface area contributed by atoms with Gasteiger partial charge in [0.15, 0.2) is 0 Å². The topological polar surface area (TPSA) is 49.3 Å². The number of hydrogen-bond donors (Lipinski definition) is 2. The lowest BCUT2D eigenvalue weighted by molar-refractivity contribution is -0.141. The number of carboxylic acids is 1. The van der Waals surface area contributed by atoms with Crippen LogP contribution < -0.4 is 5.32 Å². The molecule has 0 saturated carbocycles. The summed E-state index contributed by atoms with van der Waals surface area (Å²) in [6.45, 7) is 5.21. The van der Waals surface area contributed by atoms with Gasteiger partial charge in [-0.1, -0.05) is 19.6 Å². The van der Waals surface area contributed by atoms with Gasteiger partial charge in [0, 0.05) is 19.2 Å². The summed E-state index contributed by atoms with van der Waals surface area (Å²) in [5.41, 5.74) is 0.889. The van der Waals surface area contributed by atoms with Crippen molar-refractivity contribution in [2.45, 2.75) is 13.3 Å². The highest BCUT2D eigenvalue weighted by atomic mass is 16.4. The van der Waals surface area contributed by atoms with Gasteiger partial charge in [-0.05, 0) is 6.08 Å². The van der Waals surface area contributed by atoms with Crippen LogP contribution in [0.5, 0.6) is 0 Å². The van der Waals surface area contributed by atoms with Crippen molar-refractivity contribution in [1.29, 1.82) is 0 Å². The van der Waals surface area contributed by atoms with Crippen LogP contribution in [-0.2, 0) is 4.79 Å². The average molecular weight is 169 g/mol. The summed E-state index contributed by atoms with van der Waals surface area (Å²) in [4.78, 5) is 10.5. The van der Waals surface area contributed by atoms with E-state index < -0.39 is 5.97 Å². The summed E-state index contributed by atoms with van der Waals surface area (Å²) >= 11 is 0. The van der Waals surface area contributed by atoms with Crippen molar-refractivity contribution in [2.75, 3.05) is 7.05 Å². The molecule has 0 saturated heterocycles. The maximum Gasteiger partial charge on any atom is 0.306 e. The predicted molar refractivity (Wildman–Crippen MR) is 48.8 cm³/mol. The standard InChI is InChI=1S/C9H15NO2/c1-4-5-8(10-3)6-7(2)9(11)12/h4-5,7,10H,1,6H2,2-3H3,(H,11,12)/b8-5+. The Bertz CT molecular complexity index is 197. The number of nitrogens with one attached hydrogen (secondary N) is 1. The minimum atomic E-state index is -0.778. The zero-order valence-corrected chi connectivity index (χ0v) is 7.50. The lowest BCUT2D eigenvalue weighted by atomic mass is 10.1. The highest BCUT2D eigenvalue weighted by molar-refractivity contribution is 5.69. The lowest BCUT2D eigenvalue weighted by Gasteiger charge is -2.08. The first-order valence-electron chi connectivity index (χ1n) is 3.84. The molecule has 3 heteroatoms. The molecule has 2 N–H and O–H groups in total. The molecule has 0 aromatic heterocycles. The summed E-state index contributed by atoms with van der Waals surface area (Å²) in [7, 11) is 1.77. The highest BCUT2D eigenvalue weighted by Crippen LogP contribution is 2.08. The normalized spacial score (nSPS) is 13.7. The molecule has 68 valence electrons. The number of allylic oxidation sites excluding steroid dienone is 3. The van der Waals surface area contributed by atoms with E-state index in [1.807, 2.05) is 0 Å². The van der Waals surface area contributed by atoms with E-state index >= 15 is 0 Å². The maximum atomic E-state index is 10.5. The van der Waals surface area contributed by atoms with E-state index in [-0.39, 0.29) is 5.92 Å². The minimum absolute atomic E-state index is 0.358. The van der Waals surface area contributed by atoms with Crippen molar-refractivity contribution in [1.82, 2.24) is 5.32 Å². The third kappa shape index (κ3) is 3.81. The van der Waals surface area contributed by atoms with E-state index in [4.69, 9.17) is 5.11 Å². The van der Waals surface area contributed by atoms with Crippen LogP contribution in [0.4, 0.5) is 0 Å². The van der Waals surface area contributed by atoms with Crippen molar-refractivity contribution < 1.29 is 9.90 Å². The molecule has 0 aliphatic carbocycles. The van der Waals surface area contributed by atoms with E-state index in [0.29, 0.717) is 6.42 Å². The van der Waals surface area contributed by atoms with Crippen LogP contribution in [0.2, 0.25) is 0 Å². The van der Waals surface area contributed by atoms with Crippen LogP contribution in [0.15, 0.2) is 24.4 Å². The van der Waals surface area contributed by atoms with E-state index in [1.165, 1.54) is 0 Å². The second-order valence-corrected chi connectivity index (χ2v) is 2.62. The zero-order valence-electron chi connectivity index (χ0n) is 7.50. The van der Waals surface area contributed by atoms with Crippen molar-refractivity contribution in [3.63, 3.8) is 0 Å². The Hall–Kier alpha value is -1.25.